The van der Waals surface area contributed by atoms with Crippen LogP contribution < -0.4 is 5.32 Å². The molecule has 2 rings (SSSR count). The van der Waals surface area contributed by atoms with Crippen molar-refractivity contribution in [2.24, 2.45) is 0 Å². The molecule has 1 atom stereocenters. The van der Waals surface area contributed by atoms with E-state index in [9.17, 15) is 24.8 Å². The fourth-order valence-corrected chi connectivity index (χ4v) is 2.21. The number of carboxylic acid groups (broad SMARTS) is 1. The number of nitro groups is 1. The third kappa shape index (κ3) is 3.52. The second-order valence-corrected chi connectivity index (χ2v) is 4.86. The number of carbonyl (C=O) groups is 2. The predicted octanol–water partition coefficient (Wildman–Crippen LogP) is 2.46. The number of carbonyl (C=O) groups excluding carboxylic acids is 1. The number of hydrogen-bond acceptors (Lipinski definition) is 4. The number of nitrogens with zero attached hydrogens (tertiary/aromatic N) is 1. The first-order valence-corrected chi connectivity index (χ1v) is 6.74. The van der Waals surface area contributed by atoms with Gasteiger partial charge in [0.25, 0.3) is 11.6 Å². The maximum atomic E-state index is 12.3. The predicted molar refractivity (Wildman–Crippen MR) is 82.1 cm³/mol. The van der Waals surface area contributed by atoms with Gasteiger partial charge in [-0.2, -0.15) is 0 Å². The van der Waals surface area contributed by atoms with Gasteiger partial charge in [0, 0.05) is 17.2 Å². The summed E-state index contributed by atoms with van der Waals surface area (Å²) in [6.07, 6.45) is 0. The lowest BCUT2D eigenvalue weighted by molar-refractivity contribution is -0.385. The molecule has 0 saturated heterocycles. The molecule has 1 amide bonds. The molecule has 0 aliphatic heterocycles. The summed E-state index contributed by atoms with van der Waals surface area (Å²) in [6.45, 7) is 1.45. The van der Waals surface area contributed by atoms with E-state index in [1.807, 2.05) is 0 Å². The molecular formula is C16H14N2O5. The van der Waals surface area contributed by atoms with Crippen LogP contribution in [0, 0.1) is 17.0 Å². The normalized spacial score (nSPS) is 11.5. The number of benzene rings is 2. The summed E-state index contributed by atoms with van der Waals surface area (Å²) in [5.41, 5.74) is 0.481. The van der Waals surface area contributed by atoms with Gasteiger partial charge in [0.2, 0.25) is 0 Å². The summed E-state index contributed by atoms with van der Waals surface area (Å²) in [6, 6.07) is 11.1. The van der Waals surface area contributed by atoms with Crippen molar-refractivity contribution in [2.75, 3.05) is 0 Å². The van der Waals surface area contributed by atoms with E-state index in [0.717, 1.165) is 0 Å². The minimum absolute atomic E-state index is 0.0707. The van der Waals surface area contributed by atoms with Crippen LogP contribution >= 0.6 is 0 Å². The number of rotatable bonds is 5. The molecule has 0 fully saturated rings. The summed E-state index contributed by atoms with van der Waals surface area (Å²) in [5.74, 6) is -1.89. The van der Waals surface area contributed by atoms with Crippen LogP contribution in [0.3, 0.4) is 0 Å². The Hall–Kier alpha value is -3.22. The topological polar surface area (TPSA) is 110 Å². The van der Waals surface area contributed by atoms with Gasteiger partial charge in [-0.3, -0.25) is 14.9 Å². The Morgan fingerprint density at radius 3 is 2.35 bits per heavy atom. The summed E-state index contributed by atoms with van der Waals surface area (Å²) in [4.78, 5) is 34.1. The second-order valence-electron chi connectivity index (χ2n) is 4.86. The SMILES string of the molecule is Cc1c(C(=O)NC(C(=O)O)c2ccccc2)cccc1[N+](=O)[O-]. The quantitative estimate of drug-likeness (QED) is 0.650. The van der Waals surface area contributed by atoms with E-state index < -0.39 is 22.8 Å². The molecule has 0 radical (unpaired) electrons. The van der Waals surface area contributed by atoms with Gasteiger partial charge < -0.3 is 10.4 Å². The summed E-state index contributed by atoms with van der Waals surface area (Å²) < 4.78 is 0. The van der Waals surface area contributed by atoms with E-state index in [1.54, 1.807) is 30.3 Å². The zero-order valence-corrected chi connectivity index (χ0v) is 12.2. The highest BCUT2D eigenvalue weighted by atomic mass is 16.6. The summed E-state index contributed by atoms with van der Waals surface area (Å²) >= 11 is 0. The maximum absolute atomic E-state index is 12.3. The first-order valence-electron chi connectivity index (χ1n) is 6.74. The largest absolute Gasteiger partial charge is 0.479 e. The van der Waals surface area contributed by atoms with Crippen molar-refractivity contribution in [3.05, 3.63) is 75.3 Å². The monoisotopic (exact) mass is 314 g/mol. The lowest BCUT2D eigenvalue weighted by Crippen LogP contribution is -2.34. The van der Waals surface area contributed by atoms with Crippen molar-refractivity contribution >= 4 is 17.6 Å². The molecule has 118 valence electrons. The fraction of sp³-hybridized carbons (Fsp3) is 0.125. The molecule has 0 spiro atoms. The minimum atomic E-state index is -1.23. The Morgan fingerprint density at radius 2 is 1.78 bits per heavy atom. The van der Waals surface area contributed by atoms with Crippen LogP contribution in [-0.2, 0) is 4.79 Å². The number of carboxylic acids is 1. The van der Waals surface area contributed by atoms with Gasteiger partial charge in [0.15, 0.2) is 6.04 Å². The maximum Gasteiger partial charge on any atom is 0.330 e. The Balaban J connectivity index is 2.32. The Morgan fingerprint density at radius 1 is 1.13 bits per heavy atom. The van der Waals surface area contributed by atoms with Crippen LogP contribution in [0.4, 0.5) is 5.69 Å². The van der Waals surface area contributed by atoms with Gasteiger partial charge >= 0.3 is 5.97 Å². The van der Waals surface area contributed by atoms with E-state index in [1.165, 1.54) is 25.1 Å². The van der Waals surface area contributed by atoms with Gasteiger partial charge in [-0.1, -0.05) is 36.4 Å². The second kappa shape index (κ2) is 6.69. The average molecular weight is 314 g/mol. The van der Waals surface area contributed by atoms with E-state index in [-0.39, 0.29) is 16.8 Å². The molecule has 0 heterocycles. The number of amides is 1. The zero-order valence-electron chi connectivity index (χ0n) is 12.2. The summed E-state index contributed by atoms with van der Waals surface area (Å²) in [5, 5.41) is 22.6. The van der Waals surface area contributed by atoms with Crippen LogP contribution in [0.15, 0.2) is 48.5 Å². The number of hydrogen-bond donors (Lipinski definition) is 2. The number of aliphatic carboxylic acids is 1. The molecule has 7 heteroatoms. The Kier molecular flexibility index (Phi) is 4.70. The molecule has 0 bridgehead atoms. The van der Waals surface area contributed by atoms with E-state index in [2.05, 4.69) is 5.32 Å². The molecule has 2 aromatic carbocycles. The highest BCUT2D eigenvalue weighted by Gasteiger charge is 2.25. The van der Waals surface area contributed by atoms with Crippen molar-refractivity contribution in [2.45, 2.75) is 13.0 Å². The van der Waals surface area contributed by atoms with Gasteiger partial charge in [-0.25, -0.2) is 4.79 Å². The first-order chi connectivity index (χ1) is 10.9. The van der Waals surface area contributed by atoms with E-state index in [4.69, 9.17) is 0 Å². The van der Waals surface area contributed by atoms with E-state index >= 15 is 0 Å². The molecule has 2 N–H and O–H groups in total. The van der Waals surface area contributed by atoms with Gasteiger partial charge in [-0.05, 0) is 18.6 Å². The molecule has 23 heavy (non-hydrogen) atoms. The fourth-order valence-electron chi connectivity index (χ4n) is 2.21. The molecule has 7 nitrogen and oxygen atoms in total. The Labute approximate surface area is 131 Å². The van der Waals surface area contributed by atoms with Crippen LogP contribution in [-0.4, -0.2) is 21.9 Å². The van der Waals surface area contributed by atoms with Crippen molar-refractivity contribution in [3.8, 4) is 0 Å². The molecule has 0 aliphatic rings. The zero-order chi connectivity index (χ0) is 17.0. The van der Waals surface area contributed by atoms with Crippen LogP contribution in [0.5, 0.6) is 0 Å². The third-order valence-electron chi connectivity index (χ3n) is 3.40. The van der Waals surface area contributed by atoms with E-state index in [0.29, 0.717) is 5.56 Å². The molecule has 2 aromatic rings. The van der Waals surface area contributed by atoms with Crippen molar-refractivity contribution in [1.29, 1.82) is 0 Å². The van der Waals surface area contributed by atoms with Crippen LogP contribution in [0.2, 0.25) is 0 Å². The smallest absolute Gasteiger partial charge is 0.330 e. The van der Waals surface area contributed by atoms with Crippen molar-refractivity contribution in [1.82, 2.24) is 5.32 Å². The molecule has 0 aliphatic carbocycles. The summed E-state index contributed by atoms with van der Waals surface area (Å²) in [7, 11) is 0. The first kappa shape index (κ1) is 16.2. The molecule has 1 unspecified atom stereocenters. The lowest BCUT2D eigenvalue weighted by atomic mass is 10.0. The Bertz CT molecular complexity index is 758. The van der Waals surface area contributed by atoms with Crippen LogP contribution in [0.1, 0.15) is 27.5 Å². The van der Waals surface area contributed by atoms with Crippen molar-refractivity contribution < 1.29 is 19.6 Å². The van der Waals surface area contributed by atoms with Gasteiger partial charge in [0.05, 0.1) is 4.92 Å². The van der Waals surface area contributed by atoms with Gasteiger partial charge in [-0.15, -0.1) is 0 Å². The van der Waals surface area contributed by atoms with Gasteiger partial charge in [0.1, 0.15) is 0 Å². The van der Waals surface area contributed by atoms with Crippen molar-refractivity contribution in [3.63, 3.8) is 0 Å². The highest BCUT2D eigenvalue weighted by Crippen LogP contribution is 2.22. The third-order valence-corrected chi connectivity index (χ3v) is 3.40. The minimum Gasteiger partial charge on any atom is -0.479 e. The van der Waals surface area contributed by atoms with Crippen LogP contribution in [0.25, 0.3) is 0 Å². The standard InChI is InChI=1S/C16H14N2O5/c1-10-12(8-5-9-13(10)18(22)23)15(19)17-14(16(20)21)11-6-3-2-4-7-11/h2-9,14H,1H3,(H,17,19)(H,20,21). The molecule has 0 saturated carbocycles. The average Bonchev–Trinajstić information content (AvgIpc) is 2.52. The highest BCUT2D eigenvalue weighted by molar-refractivity contribution is 5.98. The lowest BCUT2D eigenvalue weighted by Gasteiger charge is -2.15. The molecule has 0 aromatic heterocycles. The number of nitro benzene ring substituents is 1. The number of nitrogens with one attached hydrogen (secondary N) is 1. The molecular weight excluding hydrogens is 300 g/mol.